The number of benzene rings is 1. The number of hydrogen-bond acceptors (Lipinski definition) is 4. The summed E-state index contributed by atoms with van der Waals surface area (Å²) in [5, 5.41) is 5.27. The summed E-state index contributed by atoms with van der Waals surface area (Å²) in [6, 6.07) is 6.66. The van der Waals surface area contributed by atoms with Gasteiger partial charge in [0.05, 0.1) is 0 Å². The second kappa shape index (κ2) is 7.07. The molecule has 3 amide bonds. The highest BCUT2D eigenvalue weighted by atomic mass is 16.2. The molecule has 0 unspecified atom stereocenters. The molecular formula is C19H28N4O3. The molecule has 1 aromatic carbocycles. The first kappa shape index (κ1) is 19.9. The molecule has 142 valence electrons. The minimum Gasteiger partial charge on any atom is -0.328 e. The van der Waals surface area contributed by atoms with Gasteiger partial charge in [0, 0.05) is 35.4 Å². The van der Waals surface area contributed by atoms with Crippen molar-refractivity contribution < 1.29 is 14.4 Å². The van der Waals surface area contributed by atoms with E-state index in [0.29, 0.717) is 24.2 Å². The number of nitrogens with two attached hydrogens (primary N) is 1. The highest BCUT2D eigenvalue weighted by Gasteiger charge is 2.48. The van der Waals surface area contributed by atoms with Crippen LogP contribution >= 0.6 is 0 Å². The van der Waals surface area contributed by atoms with Gasteiger partial charge in [-0.1, -0.05) is 6.07 Å². The average Bonchev–Trinajstić information content (AvgIpc) is 2.43. The maximum absolute atomic E-state index is 12.9. The second-order valence-corrected chi connectivity index (χ2v) is 8.15. The Morgan fingerprint density at radius 3 is 2.04 bits per heavy atom. The summed E-state index contributed by atoms with van der Waals surface area (Å²) in [4.78, 5) is 38.3. The van der Waals surface area contributed by atoms with E-state index in [1.807, 2.05) is 27.7 Å². The third kappa shape index (κ3) is 4.40. The molecule has 26 heavy (non-hydrogen) atoms. The Balaban J connectivity index is 2.19. The average molecular weight is 360 g/mol. The van der Waals surface area contributed by atoms with Gasteiger partial charge in [-0.05, 0) is 58.7 Å². The molecule has 0 aromatic heterocycles. The molecule has 0 atom stereocenters. The van der Waals surface area contributed by atoms with Crippen molar-refractivity contribution in [3.8, 4) is 0 Å². The molecule has 0 radical (unpaired) electrons. The van der Waals surface area contributed by atoms with Crippen molar-refractivity contribution in [3.63, 3.8) is 0 Å². The van der Waals surface area contributed by atoms with Gasteiger partial charge in [-0.15, -0.1) is 0 Å². The molecule has 1 heterocycles. The summed E-state index contributed by atoms with van der Waals surface area (Å²) in [5.41, 5.74) is 6.08. The predicted molar refractivity (Wildman–Crippen MR) is 102 cm³/mol. The second-order valence-electron chi connectivity index (χ2n) is 8.15. The molecule has 1 saturated heterocycles. The van der Waals surface area contributed by atoms with Gasteiger partial charge in [0.1, 0.15) is 0 Å². The van der Waals surface area contributed by atoms with Crippen LogP contribution in [0.15, 0.2) is 24.3 Å². The third-order valence-electron chi connectivity index (χ3n) is 4.57. The van der Waals surface area contributed by atoms with Crippen LogP contribution in [0, 0.1) is 0 Å². The third-order valence-corrected chi connectivity index (χ3v) is 4.57. The highest BCUT2D eigenvalue weighted by Crippen LogP contribution is 2.37. The number of carbonyl (C=O) groups is 3. The van der Waals surface area contributed by atoms with Crippen molar-refractivity contribution in [2.45, 2.75) is 64.6 Å². The molecule has 1 aliphatic heterocycles. The van der Waals surface area contributed by atoms with Crippen molar-refractivity contribution in [3.05, 3.63) is 24.3 Å². The van der Waals surface area contributed by atoms with Crippen molar-refractivity contribution in [2.75, 3.05) is 10.6 Å². The van der Waals surface area contributed by atoms with Crippen molar-refractivity contribution >= 4 is 29.1 Å². The molecule has 2 rings (SSSR count). The van der Waals surface area contributed by atoms with Crippen LogP contribution in [-0.2, 0) is 14.4 Å². The van der Waals surface area contributed by atoms with Crippen LogP contribution in [0.5, 0.6) is 0 Å². The van der Waals surface area contributed by atoms with E-state index in [1.165, 1.54) is 6.92 Å². The normalized spacial score (nSPS) is 18.9. The first-order chi connectivity index (χ1) is 11.9. The summed E-state index contributed by atoms with van der Waals surface area (Å²) >= 11 is 0. The summed E-state index contributed by atoms with van der Waals surface area (Å²) in [6.07, 6.45) is 1.26. The number of nitrogens with one attached hydrogen (secondary N) is 2. The Hall–Kier alpha value is -2.41. The van der Waals surface area contributed by atoms with Crippen molar-refractivity contribution in [2.24, 2.45) is 5.73 Å². The maximum atomic E-state index is 12.9. The SMILES string of the molecule is CC(=O)Nc1cccc(NC(=O)C(=O)N2C(C)(C)CC(N)CC2(C)C)c1. The Kier molecular flexibility index (Phi) is 5.41. The van der Waals surface area contributed by atoms with Crippen LogP contribution < -0.4 is 16.4 Å². The Bertz CT molecular complexity index is 709. The van der Waals surface area contributed by atoms with E-state index in [9.17, 15) is 14.4 Å². The molecule has 0 spiro atoms. The van der Waals surface area contributed by atoms with Crippen LogP contribution in [-0.4, -0.2) is 39.7 Å². The summed E-state index contributed by atoms with van der Waals surface area (Å²) < 4.78 is 0. The zero-order chi connectivity index (χ0) is 19.7. The van der Waals surface area contributed by atoms with Gasteiger partial charge in [0.15, 0.2) is 0 Å². The standard InChI is InChI=1S/C19H28N4O3/c1-12(24)21-14-7-6-8-15(9-14)22-16(25)17(26)23-18(2,3)10-13(20)11-19(23,4)5/h6-9,13H,10-11,20H2,1-5H3,(H,21,24)(H,22,25). The fourth-order valence-electron chi connectivity index (χ4n) is 4.07. The van der Waals surface area contributed by atoms with Gasteiger partial charge < -0.3 is 21.3 Å². The molecule has 1 aromatic rings. The van der Waals surface area contributed by atoms with E-state index in [0.717, 1.165) is 0 Å². The Morgan fingerprint density at radius 2 is 1.54 bits per heavy atom. The van der Waals surface area contributed by atoms with Crippen LogP contribution in [0.25, 0.3) is 0 Å². The fourth-order valence-corrected chi connectivity index (χ4v) is 4.07. The largest absolute Gasteiger partial charge is 0.328 e. The van der Waals surface area contributed by atoms with E-state index in [4.69, 9.17) is 5.73 Å². The summed E-state index contributed by atoms with van der Waals surface area (Å²) in [7, 11) is 0. The van der Waals surface area contributed by atoms with E-state index in [1.54, 1.807) is 29.2 Å². The minimum absolute atomic E-state index is 0.0125. The van der Waals surface area contributed by atoms with Gasteiger partial charge in [-0.2, -0.15) is 0 Å². The lowest BCUT2D eigenvalue weighted by atomic mass is 9.77. The zero-order valence-corrected chi connectivity index (χ0v) is 16.1. The quantitative estimate of drug-likeness (QED) is 0.702. The van der Waals surface area contributed by atoms with Crippen LogP contribution in [0.1, 0.15) is 47.5 Å². The predicted octanol–water partition coefficient (Wildman–Crippen LogP) is 2.09. The molecule has 1 aliphatic rings. The van der Waals surface area contributed by atoms with Crippen molar-refractivity contribution in [1.29, 1.82) is 0 Å². The molecule has 4 N–H and O–H groups in total. The van der Waals surface area contributed by atoms with E-state index in [-0.39, 0.29) is 11.9 Å². The Morgan fingerprint density at radius 1 is 1.04 bits per heavy atom. The van der Waals surface area contributed by atoms with E-state index < -0.39 is 22.9 Å². The van der Waals surface area contributed by atoms with E-state index in [2.05, 4.69) is 10.6 Å². The number of rotatable bonds is 2. The molecule has 7 heteroatoms. The number of likely N-dealkylation sites (tertiary alicyclic amines) is 1. The number of anilines is 2. The first-order valence-electron chi connectivity index (χ1n) is 8.71. The monoisotopic (exact) mass is 360 g/mol. The number of nitrogens with zero attached hydrogens (tertiary/aromatic N) is 1. The maximum Gasteiger partial charge on any atom is 0.313 e. The lowest BCUT2D eigenvalue weighted by molar-refractivity contribution is -0.156. The molecular weight excluding hydrogens is 332 g/mol. The zero-order valence-electron chi connectivity index (χ0n) is 16.1. The minimum atomic E-state index is -0.707. The smallest absolute Gasteiger partial charge is 0.313 e. The summed E-state index contributed by atoms with van der Waals surface area (Å²) in [5.74, 6) is -1.50. The van der Waals surface area contributed by atoms with Gasteiger partial charge in [0.2, 0.25) is 5.91 Å². The van der Waals surface area contributed by atoms with Crippen LogP contribution in [0.2, 0.25) is 0 Å². The Labute approximate surface area is 154 Å². The van der Waals surface area contributed by atoms with Gasteiger partial charge in [-0.25, -0.2) is 0 Å². The fraction of sp³-hybridized carbons (Fsp3) is 0.526. The van der Waals surface area contributed by atoms with Crippen molar-refractivity contribution in [1.82, 2.24) is 4.90 Å². The molecule has 0 bridgehead atoms. The van der Waals surface area contributed by atoms with Gasteiger partial charge >= 0.3 is 11.8 Å². The van der Waals surface area contributed by atoms with Gasteiger partial charge in [-0.3, -0.25) is 14.4 Å². The molecule has 0 saturated carbocycles. The van der Waals surface area contributed by atoms with Crippen LogP contribution in [0.4, 0.5) is 11.4 Å². The first-order valence-corrected chi connectivity index (χ1v) is 8.71. The lowest BCUT2D eigenvalue weighted by Crippen LogP contribution is -2.66. The molecule has 1 fully saturated rings. The summed E-state index contributed by atoms with van der Waals surface area (Å²) in [6.45, 7) is 9.11. The number of hydrogen-bond donors (Lipinski definition) is 3. The highest BCUT2D eigenvalue weighted by molar-refractivity contribution is 6.39. The molecule has 7 nitrogen and oxygen atoms in total. The lowest BCUT2D eigenvalue weighted by Gasteiger charge is -2.54. The van der Waals surface area contributed by atoms with Crippen LogP contribution in [0.3, 0.4) is 0 Å². The topological polar surface area (TPSA) is 105 Å². The number of amides is 3. The molecule has 0 aliphatic carbocycles. The number of piperidine rings is 1. The van der Waals surface area contributed by atoms with E-state index >= 15 is 0 Å². The van der Waals surface area contributed by atoms with Gasteiger partial charge in [0.25, 0.3) is 0 Å². The number of carbonyl (C=O) groups excluding carboxylic acids is 3.